The van der Waals surface area contributed by atoms with Crippen LogP contribution in [-0.4, -0.2) is 14.2 Å². The minimum absolute atomic E-state index is 0.454. The quantitative estimate of drug-likeness (QED) is 0.901. The summed E-state index contributed by atoms with van der Waals surface area (Å²) in [6, 6.07) is 3.90. The minimum Gasteiger partial charge on any atom is -0.496 e. The van der Waals surface area contributed by atoms with Gasteiger partial charge in [0.1, 0.15) is 5.75 Å². The molecule has 0 aromatic heterocycles. The Bertz CT molecular complexity index is 315. The third-order valence-electron chi connectivity index (χ3n) is 1.99. The number of methoxy groups -OCH3 is 2. The van der Waals surface area contributed by atoms with Crippen LogP contribution in [0.3, 0.4) is 0 Å². The zero-order chi connectivity index (χ0) is 10.6. The number of nitrogens with two attached hydrogens (primary N) is 1. The van der Waals surface area contributed by atoms with E-state index in [0.717, 1.165) is 21.3 Å². The first-order valence-electron chi connectivity index (χ1n) is 4.27. The second-order valence-electron chi connectivity index (χ2n) is 2.88. The molecular formula is C10H14BrNO2. The van der Waals surface area contributed by atoms with Crippen molar-refractivity contribution in [2.45, 2.75) is 13.2 Å². The van der Waals surface area contributed by atoms with Crippen molar-refractivity contribution in [3.63, 3.8) is 0 Å². The Morgan fingerprint density at radius 3 is 2.57 bits per heavy atom. The van der Waals surface area contributed by atoms with E-state index in [1.165, 1.54) is 0 Å². The maximum absolute atomic E-state index is 5.66. The van der Waals surface area contributed by atoms with Crippen molar-refractivity contribution in [2.75, 3.05) is 14.2 Å². The number of hydrogen-bond acceptors (Lipinski definition) is 3. The number of ether oxygens (including phenoxy) is 2. The van der Waals surface area contributed by atoms with Gasteiger partial charge in [0.2, 0.25) is 0 Å². The molecule has 0 amide bonds. The van der Waals surface area contributed by atoms with E-state index in [1.54, 1.807) is 14.2 Å². The van der Waals surface area contributed by atoms with Crippen molar-refractivity contribution < 1.29 is 9.47 Å². The second-order valence-corrected chi connectivity index (χ2v) is 3.80. The van der Waals surface area contributed by atoms with Crippen LogP contribution < -0.4 is 10.5 Å². The van der Waals surface area contributed by atoms with Gasteiger partial charge in [-0.25, -0.2) is 0 Å². The van der Waals surface area contributed by atoms with E-state index in [1.807, 2.05) is 12.1 Å². The van der Waals surface area contributed by atoms with E-state index < -0.39 is 0 Å². The Kier molecular flexibility index (Phi) is 4.38. The van der Waals surface area contributed by atoms with Crippen LogP contribution in [0.5, 0.6) is 5.75 Å². The molecule has 3 nitrogen and oxygen atoms in total. The fourth-order valence-corrected chi connectivity index (χ4v) is 1.85. The number of hydrogen-bond donors (Lipinski definition) is 1. The van der Waals surface area contributed by atoms with Crippen LogP contribution in [-0.2, 0) is 17.9 Å². The molecule has 1 rings (SSSR count). The molecule has 0 aliphatic rings. The fraction of sp³-hybridized carbons (Fsp3) is 0.400. The maximum Gasteiger partial charge on any atom is 0.124 e. The lowest BCUT2D eigenvalue weighted by Gasteiger charge is -2.12. The lowest BCUT2D eigenvalue weighted by Crippen LogP contribution is -2.05. The van der Waals surface area contributed by atoms with Crippen LogP contribution in [0.15, 0.2) is 16.6 Å². The van der Waals surface area contributed by atoms with Gasteiger partial charge >= 0.3 is 0 Å². The van der Waals surface area contributed by atoms with Gasteiger partial charge in [-0.1, -0.05) is 15.9 Å². The first kappa shape index (κ1) is 11.5. The molecule has 1 aromatic rings. The van der Waals surface area contributed by atoms with Gasteiger partial charge in [-0.2, -0.15) is 0 Å². The summed E-state index contributed by atoms with van der Waals surface area (Å²) in [5, 5.41) is 0. The Balaban J connectivity index is 3.17. The lowest BCUT2D eigenvalue weighted by atomic mass is 10.1. The van der Waals surface area contributed by atoms with Gasteiger partial charge in [0, 0.05) is 23.7 Å². The summed E-state index contributed by atoms with van der Waals surface area (Å²) in [7, 11) is 3.30. The smallest absolute Gasteiger partial charge is 0.124 e. The molecule has 0 saturated carbocycles. The highest BCUT2D eigenvalue weighted by atomic mass is 79.9. The van der Waals surface area contributed by atoms with Gasteiger partial charge < -0.3 is 15.2 Å². The molecule has 0 atom stereocenters. The summed E-state index contributed by atoms with van der Waals surface area (Å²) in [5.74, 6) is 0.800. The van der Waals surface area contributed by atoms with Gasteiger partial charge in [-0.05, 0) is 17.7 Å². The zero-order valence-electron chi connectivity index (χ0n) is 8.34. The van der Waals surface area contributed by atoms with Crippen molar-refractivity contribution in [3.8, 4) is 5.75 Å². The first-order valence-corrected chi connectivity index (χ1v) is 5.06. The maximum atomic E-state index is 5.66. The highest BCUT2D eigenvalue weighted by Gasteiger charge is 2.09. The molecule has 0 unspecified atom stereocenters. The molecule has 14 heavy (non-hydrogen) atoms. The predicted octanol–water partition coefficient (Wildman–Crippen LogP) is 2.06. The predicted molar refractivity (Wildman–Crippen MR) is 59.3 cm³/mol. The SMILES string of the molecule is COCc1cc(Br)cc(OC)c1CN. The number of benzene rings is 1. The average molecular weight is 260 g/mol. The Morgan fingerprint density at radius 1 is 1.36 bits per heavy atom. The van der Waals surface area contributed by atoms with Gasteiger partial charge in [0.05, 0.1) is 13.7 Å². The molecule has 0 saturated heterocycles. The molecule has 2 N–H and O–H groups in total. The third kappa shape index (κ3) is 2.47. The largest absolute Gasteiger partial charge is 0.496 e. The number of rotatable bonds is 4. The van der Waals surface area contributed by atoms with Crippen molar-refractivity contribution in [2.24, 2.45) is 5.73 Å². The highest BCUT2D eigenvalue weighted by Crippen LogP contribution is 2.27. The minimum atomic E-state index is 0.454. The summed E-state index contributed by atoms with van der Waals surface area (Å²) in [6.07, 6.45) is 0. The Hall–Kier alpha value is -0.580. The summed E-state index contributed by atoms with van der Waals surface area (Å²) in [4.78, 5) is 0. The summed E-state index contributed by atoms with van der Waals surface area (Å²) in [5.41, 5.74) is 7.71. The van der Waals surface area contributed by atoms with Crippen LogP contribution in [0.25, 0.3) is 0 Å². The highest BCUT2D eigenvalue weighted by molar-refractivity contribution is 9.10. The average Bonchev–Trinajstić information content (AvgIpc) is 2.17. The fourth-order valence-electron chi connectivity index (χ4n) is 1.36. The molecule has 4 heteroatoms. The normalized spacial score (nSPS) is 10.3. The first-order chi connectivity index (χ1) is 6.72. The van der Waals surface area contributed by atoms with Crippen LogP contribution in [0.2, 0.25) is 0 Å². The van der Waals surface area contributed by atoms with Gasteiger partial charge in [0.15, 0.2) is 0 Å². The number of halogens is 1. The van der Waals surface area contributed by atoms with E-state index in [-0.39, 0.29) is 0 Å². The lowest BCUT2D eigenvalue weighted by molar-refractivity contribution is 0.183. The van der Waals surface area contributed by atoms with Gasteiger partial charge in [0.25, 0.3) is 0 Å². The summed E-state index contributed by atoms with van der Waals surface area (Å²) < 4.78 is 11.3. The van der Waals surface area contributed by atoms with E-state index in [2.05, 4.69) is 15.9 Å². The summed E-state index contributed by atoms with van der Waals surface area (Å²) in [6.45, 7) is 0.997. The van der Waals surface area contributed by atoms with E-state index >= 15 is 0 Å². The molecule has 0 heterocycles. The van der Waals surface area contributed by atoms with Crippen LogP contribution >= 0.6 is 15.9 Å². The van der Waals surface area contributed by atoms with E-state index in [9.17, 15) is 0 Å². The topological polar surface area (TPSA) is 44.5 Å². The monoisotopic (exact) mass is 259 g/mol. The van der Waals surface area contributed by atoms with Crippen LogP contribution in [0, 0.1) is 0 Å². The van der Waals surface area contributed by atoms with Crippen LogP contribution in [0.4, 0.5) is 0 Å². The molecule has 0 spiro atoms. The molecule has 0 radical (unpaired) electrons. The molecule has 0 aliphatic carbocycles. The molecule has 0 bridgehead atoms. The Morgan fingerprint density at radius 2 is 2.07 bits per heavy atom. The molecule has 0 aliphatic heterocycles. The molecule has 1 aromatic carbocycles. The van der Waals surface area contributed by atoms with Gasteiger partial charge in [-0.3, -0.25) is 0 Å². The third-order valence-corrected chi connectivity index (χ3v) is 2.45. The Labute approximate surface area is 92.3 Å². The van der Waals surface area contributed by atoms with E-state index in [0.29, 0.717) is 13.2 Å². The van der Waals surface area contributed by atoms with Crippen molar-refractivity contribution in [3.05, 3.63) is 27.7 Å². The summed E-state index contributed by atoms with van der Waals surface area (Å²) >= 11 is 3.41. The van der Waals surface area contributed by atoms with Gasteiger partial charge in [-0.15, -0.1) is 0 Å². The standard InChI is InChI=1S/C10H14BrNO2/c1-13-6-7-3-8(11)4-10(14-2)9(7)5-12/h3-4H,5-6,12H2,1-2H3. The van der Waals surface area contributed by atoms with Crippen molar-refractivity contribution >= 4 is 15.9 Å². The molecule has 78 valence electrons. The van der Waals surface area contributed by atoms with Crippen molar-refractivity contribution in [1.29, 1.82) is 0 Å². The van der Waals surface area contributed by atoms with Crippen LogP contribution in [0.1, 0.15) is 11.1 Å². The zero-order valence-corrected chi connectivity index (χ0v) is 9.93. The van der Waals surface area contributed by atoms with Crippen molar-refractivity contribution in [1.82, 2.24) is 0 Å². The molecule has 0 fully saturated rings. The van der Waals surface area contributed by atoms with E-state index in [4.69, 9.17) is 15.2 Å². The second kappa shape index (κ2) is 5.34. The molecular weight excluding hydrogens is 246 g/mol.